The van der Waals surface area contributed by atoms with Crippen LogP contribution in [0.3, 0.4) is 0 Å². The van der Waals surface area contributed by atoms with Crippen LogP contribution in [0.25, 0.3) is 10.2 Å². The van der Waals surface area contributed by atoms with Gasteiger partial charge in [0.25, 0.3) is 0 Å². The minimum Gasteiger partial charge on any atom is -0.494 e. The smallest absolute Gasteiger partial charge is 0.247 e. The second kappa shape index (κ2) is 10.4. The van der Waals surface area contributed by atoms with Gasteiger partial charge in [-0.15, -0.1) is 0 Å². The Labute approximate surface area is 224 Å². The number of aryl methyl sites for hydroxylation is 1. The number of methoxy groups -OCH3 is 1. The average molecular weight is 557 g/mol. The number of halogens is 1. The summed E-state index contributed by atoms with van der Waals surface area (Å²) in [6, 6.07) is 12.6. The molecule has 1 fully saturated rings. The first kappa shape index (κ1) is 25.6. The molecule has 2 aromatic heterocycles. The number of anilines is 1. The predicted octanol–water partition coefficient (Wildman–Crippen LogP) is 5.05. The van der Waals surface area contributed by atoms with Crippen molar-refractivity contribution in [3.8, 4) is 5.75 Å². The van der Waals surface area contributed by atoms with E-state index in [0.717, 1.165) is 15.8 Å². The number of carbonyl (C=O) groups is 1. The Morgan fingerprint density at radius 3 is 2.70 bits per heavy atom. The third-order valence-corrected chi connectivity index (χ3v) is 9.77. The molecule has 0 saturated carbocycles. The van der Waals surface area contributed by atoms with E-state index in [1.54, 1.807) is 30.5 Å². The number of amides is 1. The normalized spacial score (nSPS) is 16.2. The Balaban J connectivity index is 1.55. The van der Waals surface area contributed by atoms with Crippen molar-refractivity contribution < 1.29 is 17.9 Å². The van der Waals surface area contributed by atoms with Crippen LogP contribution < -0.4 is 9.64 Å². The Morgan fingerprint density at radius 2 is 2.00 bits per heavy atom. The summed E-state index contributed by atoms with van der Waals surface area (Å²) < 4.78 is 34.8. The minimum atomic E-state index is -3.90. The van der Waals surface area contributed by atoms with Gasteiger partial charge < -0.3 is 4.74 Å². The van der Waals surface area contributed by atoms with E-state index in [1.165, 1.54) is 39.9 Å². The molecular weight excluding hydrogens is 532 g/mol. The molecule has 1 aliphatic rings. The van der Waals surface area contributed by atoms with Crippen molar-refractivity contribution in [1.29, 1.82) is 0 Å². The van der Waals surface area contributed by atoms with Gasteiger partial charge in [-0.25, -0.2) is 13.4 Å². The summed E-state index contributed by atoms with van der Waals surface area (Å²) in [7, 11) is -2.32. The fourth-order valence-corrected chi connectivity index (χ4v) is 7.32. The molecule has 8 nitrogen and oxygen atoms in total. The van der Waals surface area contributed by atoms with Crippen molar-refractivity contribution in [2.45, 2.75) is 37.2 Å². The van der Waals surface area contributed by atoms with Gasteiger partial charge in [0.05, 0.1) is 23.2 Å². The van der Waals surface area contributed by atoms with Crippen LogP contribution in [0.2, 0.25) is 5.02 Å². The van der Waals surface area contributed by atoms with Gasteiger partial charge in [0.1, 0.15) is 17.3 Å². The molecule has 5 rings (SSSR count). The van der Waals surface area contributed by atoms with E-state index in [0.29, 0.717) is 34.3 Å². The summed E-state index contributed by atoms with van der Waals surface area (Å²) in [5.74, 6) is 0.291. The predicted molar refractivity (Wildman–Crippen MR) is 145 cm³/mol. The van der Waals surface area contributed by atoms with E-state index in [4.69, 9.17) is 21.3 Å². The highest BCUT2D eigenvalue weighted by molar-refractivity contribution is 7.89. The molecule has 0 spiro atoms. The fraction of sp³-hybridized carbons (Fsp3) is 0.269. The highest BCUT2D eigenvalue weighted by Gasteiger charge is 2.42. The van der Waals surface area contributed by atoms with E-state index in [2.05, 4.69) is 4.98 Å². The first-order valence-corrected chi connectivity index (χ1v) is 14.3. The Morgan fingerprint density at radius 1 is 1.22 bits per heavy atom. The number of rotatable bonds is 7. The molecule has 11 heteroatoms. The Kier molecular flexibility index (Phi) is 7.17. The minimum absolute atomic E-state index is 0.107. The molecule has 0 bridgehead atoms. The summed E-state index contributed by atoms with van der Waals surface area (Å²) in [5.41, 5.74) is 2.49. The van der Waals surface area contributed by atoms with Crippen molar-refractivity contribution in [1.82, 2.24) is 14.3 Å². The van der Waals surface area contributed by atoms with E-state index >= 15 is 0 Å². The van der Waals surface area contributed by atoms with Crippen LogP contribution in [0.15, 0.2) is 65.8 Å². The maximum atomic E-state index is 14.1. The SMILES string of the molecule is COc1ccc(C)c2sc(N(Cc3cccnc3)C(=O)C3CCCN3S(=O)(=O)c3ccc(Cl)cc3)nc12. The number of pyridine rings is 1. The maximum Gasteiger partial charge on any atom is 0.247 e. The van der Waals surface area contributed by atoms with Crippen LogP contribution in [-0.4, -0.2) is 48.3 Å². The number of thiazole rings is 1. The molecule has 0 radical (unpaired) electrons. The summed E-state index contributed by atoms with van der Waals surface area (Å²) in [6.45, 7) is 2.45. The molecular formula is C26H25ClN4O4S2. The van der Waals surface area contributed by atoms with Crippen molar-refractivity contribution >= 4 is 54.2 Å². The van der Waals surface area contributed by atoms with E-state index in [9.17, 15) is 13.2 Å². The lowest BCUT2D eigenvalue weighted by Crippen LogP contribution is -2.47. The number of hydrogen-bond acceptors (Lipinski definition) is 7. The number of fused-ring (bicyclic) bond motifs is 1. The van der Waals surface area contributed by atoms with Crippen LogP contribution >= 0.6 is 22.9 Å². The number of aromatic nitrogens is 2. The summed E-state index contributed by atoms with van der Waals surface area (Å²) in [5, 5.41) is 0.921. The van der Waals surface area contributed by atoms with Gasteiger partial charge in [0.15, 0.2) is 5.13 Å². The van der Waals surface area contributed by atoms with Crippen molar-refractivity contribution in [2.24, 2.45) is 0 Å². The van der Waals surface area contributed by atoms with Gasteiger partial charge in [-0.3, -0.25) is 14.7 Å². The summed E-state index contributed by atoms with van der Waals surface area (Å²) in [6.07, 6.45) is 4.36. The molecule has 1 amide bonds. The van der Waals surface area contributed by atoms with Gasteiger partial charge in [0.2, 0.25) is 15.9 Å². The maximum absolute atomic E-state index is 14.1. The fourth-order valence-electron chi connectivity index (χ4n) is 4.49. The molecule has 1 atom stereocenters. The average Bonchev–Trinajstić information content (AvgIpc) is 3.57. The monoisotopic (exact) mass is 556 g/mol. The number of benzene rings is 2. The van der Waals surface area contributed by atoms with Crippen molar-refractivity contribution in [3.63, 3.8) is 0 Å². The van der Waals surface area contributed by atoms with Gasteiger partial charge in [-0.05, 0) is 67.3 Å². The lowest BCUT2D eigenvalue weighted by molar-refractivity contribution is -0.121. The Bertz CT molecular complexity index is 1540. The second-order valence-electron chi connectivity index (χ2n) is 8.77. The number of carbonyl (C=O) groups excluding carboxylic acids is 1. The zero-order valence-corrected chi connectivity index (χ0v) is 22.7. The van der Waals surface area contributed by atoms with Gasteiger partial charge in [0, 0.05) is 24.0 Å². The quantitative estimate of drug-likeness (QED) is 0.316. The molecule has 3 heterocycles. The molecule has 1 aliphatic heterocycles. The molecule has 192 valence electrons. The largest absolute Gasteiger partial charge is 0.494 e. The molecule has 37 heavy (non-hydrogen) atoms. The van der Waals surface area contributed by atoms with Crippen LogP contribution in [-0.2, 0) is 21.4 Å². The van der Waals surface area contributed by atoms with E-state index < -0.39 is 16.1 Å². The summed E-state index contributed by atoms with van der Waals surface area (Å²) in [4.78, 5) is 24.8. The highest BCUT2D eigenvalue weighted by atomic mass is 35.5. The summed E-state index contributed by atoms with van der Waals surface area (Å²) >= 11 is 7.35. The highest BCUT2D eigenvalue weighted by Crippen LogP contribution is 2.38. The van der Waals surface area contributed by atoms with Crippen LogP contribution in [0, 0.1) is 6.92 Å². The molecule has 0 aliphatic carbocycles. The third kappa shape index (κ3) is 4.94. The molecule has 1 saturated heterocycles. The van der Waals surface area contributed by atoms with Crippen molar-refractivity contribution in [2.75, 3.05) is 18.6 Å². The molecule has 2 aromatic carbocycles. The molecule has 0 N–H and O–H groups in total. The Hall–Kier alpha value is -3.05. The molecule has 1 unspecified atom stereocenters. The number of sulfonamides is 1. The van der Waals surface area contributed by atoms with Crippen LogP contribution in [0.1, 0.15) is 24.0 Å². The van der Waals surface area contributed by atoms with E-state index in [-0.39, 0.29) is 23.9 Å². The lowest BCUT2D eigenvalue weighted by atomic mass is 10.2. The van der Waals surface area contributed by atoms with Crippen molar-refractivity contribution in [3.05, 3.63) is 77.1 Å². The van der Waals surface area contributed by atoms with E-state index in [1.807, 2.05) is 25.1 Å². The molecule has 4 aromatic rings. The van der Waals surface area contributed by atoms with Crippen LogP contribution in [0.5, 0.6) is 5.75 Å². The first-order valence-electron chi connectivity index (χ1n) is 11.7. The number of ether oxygens (including phenoxy) is 1. The zero-order chi connectivity index (χ0) is 26.2. The zero-order valence-electron chi connectivity index (χ0n) is 20.3. The lowest BCUT2D eigenvalue weighted by Gasteiger charge is -2.28. The number of hydrogen-bond donors (Lipinski definition) is 0. The van der Waals surface area contributed by atoms with Gasteiger partial charge in [-0.1, -0.05) is 35.1 Å². The van der Waals surface area contributed by atoms with Crippen LogP contribution in [0.4, 0.5) is 5.13 Å². The van der Waals surface area contributed by atoms with Gasteiger partial charge in [-0.2, -0.15) is 4.31 Å². The second-order valence-corrected chi connectivity index (χ2v) is 12.1. The van der Waals surface area contributed by atoms with Gasteiger partial charge >= 0.3 is 0 Å². The first-order chi connectivity index (χ1) is 17.8. The topological polar surface area (TPSA) is 92.7 Å². The number of nitrogens with zero attached hydrogens (tertiary/aromatic N) is 4. The standard InChI is InChI=1S/C26H25ClN4O4S2/c1-17-7-12-22(35-2)23-24(17)36-26(29-23)30(16-18-5-3-13-28-15-18)25(32)21-6-4-14-31(21)37(33,34)20-10-8-19(27)9-11-20/h3,5,7-13,15,21H,4,6,14,16H2,1-2H3. The third-order valence-electron chi connectivity index (χ3n) is 6.38.